The molecule has 310 valence electrons. The molecule has 54 heavy (non-hydrogen) atoms. The molecule has 4 aliphatic carbocycles. The fourth-order valence-electron chi connectivity index (χ4n) is 13.3. The van der Waals surface area contributed by atoms with Crippen molar-refractivity contribution in [2.24, 2.45) is 52.3 Å². The summed E-state index contributed by atoms with van der Waals surface area (Å²) in [4.78, 5) is 0. The van der Waals surface area contributed by atoms with Crippen LogP contribution in [0.4, 0.5) is 0 Å². The average molecular weight is 773 g/mol. The van der Waals surface area contributed by atoms with Crippen molar-refractivity contribution < 1.29 is 74.4 Å². The first-order chi connectivity index (χ1) is 25.7. The van der Waals surface area contributed by atoms with Crippen molar-refractivity contribution in [3.05, 3.63) is 0 Å². The number of fused-ring (bicyclic) bond motifs is 7. The van der Waals surface area contributed by atoms with Crippen LogP contribution in [0.1, 0.15) is 78.6 Å². The molecular weight excluding hydrogens is 708 g/mol. The first-order valence-corrected chi connectivity index (χ1v) is 20.5. The van der Waals surface area contributed by atoms with E-state index in [-0.39, 0.29) is 41.3 Å². The van der Waals surface area contributed by atoms with E-state index < -0.39 is 92.6 Å². The summed E-state index contributed by atoms with van der Waals surface area (Å²) in [5.74, 6) is 2.13. The molecule has 4 saturated carbocycles. The van der Waals surface area contributed by atoms with Crippen LogP contribution in [0.2, 0.25) is 0 Å². The highest BCUT2D eigenvalue weighted by Gasteiger charge is 2.69. The van der Waals surface area contributed by atoms with Gasteiger partial charge in [0.2, 0.25) is 0 Å². The normalized spacial score (nSPS) is 58.7. The Labute approximate surface area is 316 Å². The Balaban J connectivity index is 0.907. The smallest absolute Gasteiger partial charge is 0.187 e. The van der Waals surface area contributed by atoms with Crippen LogP contribution in [0.15, 0.2) is 0 Å². The Morgan fingerprint density at radius 3 is 2.07 bits per heavy atom. The molecule has 4 saturated heterocycles. The quantitative estimate of drug-likeness (QED) is 0.147. The van der Waals surface area contributed by atoms with Crippen molar-refractivity contribution in [1.29, 1.82) is 0 Å². The van der Waals surface area contributed by atoms with Gasteiger partial charge in [-0.3, -0.25) is 0 Å². The first kappa shape index (κ1) is 40.2. The predicted octanol–water partition coefficient (Wildman–Crippen LogP) is -0.615. The van der Waals surface area contributed by atoms with E-state index in [4.69, 9.17) is 28.4 Å². The third kappa shape index (κ3) is 6.26. The van der Waals surface area contributed by atoms with Gasteiger partial charge in [-0.2, -0.15) is 0 Å². The Kier molecular flexibility index (Phi) is 11.1. The van der Waals surface area contributed by atoms with Crippen molar-refractivity contribution in [2.75, 3.05) is 26.4 Å². The van der Waals surface area contributed by atoms with Gasteiger partial charge >= 0.3 is 0 Å². The van der Waals surface area contributed by atoms with Crippen LogP contribution >= 0.6 is 0 Å². The monoisotopic (exact) mass is 772 g/mol. The summed E-state index contributed by atoms with van der Waals surface area (Å²) in [6.07, 6.45) is -8.57. The van der Waals surface area contributed by atoms with Gasteiger partial charge in [0.25, 0.3) is 0 Å². The fourth-order valence-corrected chi connectivity index (χ4v) is 13.3. The van der Waals surface area contributed by atoms with E-state index in [9.17, 15) is 46.0 Å². The maximum Gasteiger partial charge on any atom is 0.187 e. The van der Waals surface area contributed by atoms with Gasteiger partial charge in [-0.15, -0.1) is 0 Å². The minimum Gasteiger partial charge on any atom is -0.396 e. The Hall–Kier alpha value is -0.600. The molecule has 23 atom stereocenters. The molecule has 8 fully saturated rings. The number of rotatable bonds is 7. The summed E-state index contributed by atoms with van der Waals surface area (Å²) in [5, 5.41) is 94.2. The van der Waals surface area contributed by atoms with Gasteiger partial charge in [-0.25, -0.2) is 0 Å². The second-order valence-corrected chi connectivity index (χ2v) is 18.8. The van der Waals surface area contributed by atoms with Gasteiger partial charge in [-0.1, -0.05) is 20.8 Å². The summed E-state index contributed by atoms with van der Waals surface area (Å²) >= 11 is 0. The maximum absolute atomic E-state index is 11.7. The molecule has 15 heteroatoms. The van der Waals surface area contributed by atoms with Crippen LogP contribution in [-0.4, -0.2) is 158 Å². The van der Waals surface area contributed by atoms with E-state index in [0.717, 1.165) is 44.9 Å². The van der Waals surface area contributed by atoms with Crippen molar-refractivity contribution >= 4 is 0 Å². The van der Waals surface area contributed by atoms with Gasteiger partial charge in [0.05, 0.1) is 38.1 Å². The zero-order chi connectivity index (χ0) is 38.5. The molecule has 8 aliphatic rings. The van der Waals surface area contributed by atoms with Crippen molar-refractivity contribution in [1.82, 2.24) is 0 Å². The van der Waals surface area contributed by atoms with Crippen LogP contribution < -0.4 is 0 Å². The minimum atomic E-state index is -1.75. The third-order valence-corrected chi connectivity index (χ3v) is 16.3. The predicted molar refractivity (Wildman–Crippen MR) is 186 cm³/mol. The second-order valence-electron chi connectivity index (χ2n) is 18.8. The lowest BCUT2D eigenvalue weighted by atomic mass is 9.44. The molecule has 0 bridgehead atoms. The zero-order valence-corrected chi connectivity index (χ0v) is 31.7. The molecule has 4 aliphatic heterocycles. The van der Waals surface area contributed by atoms with E-state index >= 15 is 0 Å². The lowest BCUT2D eigenvalue weighted by Gasteiger charge is -2.62. The van der Waals surface area contributed by atoms with Crippen molar-refractivity contribution in [3.8, 4) is 0 Å². The maximum atomic E-state index is 11.7. The molecule has 9 N–H and O–H groups in total. The second kappa shape index (κ2) is 14.9. The van der Waals surface area contributed by atoms with Gasteiger partial charge in [0, 0.05) is 24.9 Å². The standard InChI is InChI=1S/C39H64O15/c1-17-28-25(54-39(17)9-6-18(13-40)16-49-39)11-22-20-5-4-19-10-24(23(43)12-38(19,3)21(20)7-8-37(22,28)2)50-35-33(48)31(46)34(27(15-42)52-35)53-36-32(47)30(45)29(44)26(14-41)51-36/h17-36,40-48H,4-16H2,1-3H3. The van der Waals surface area contributed by atoms with Gasteiger partial charge < -0.3 is 74.4 Å². The van der Waals surface area contributed by atoms with Crippen LogP contribution in [0.5, 0.6) is 0 Å². The van der Waals surface area contributed by atoms with Gasteiger partial charge in [0.15, 0.2) is 18.4 Å². The number of hydrogen-bond donors (Lipinski definition) is 9. The number of aliphatic hydroxyl groups is 9. The van der Waals surface area contributed by atoms with E-state index in [2.05, 4.69) is 20.8 Å². The summed E-state index contributed by atoms with van der Waals surface area (Å²) in [6.45, 7) is 6.51. The minimum absolute atomic E-state index is 0.107. The lowest BCUT2D eigenvalue weighted by molar-refractivity contribution is -0.366. The average Bonchev–Trinajstić information content (AvgIpc) is 3.60. The topological polar surface area (TPSA) is 237 Å². The Bertz CT molecular complexity index is 1310. The zero-order valence-electron chi connectivity index (χ0n) is 31.7. The molecule has 15 nitrogen and oxygen atoms in total. The summed E-state index contributed by atoms with van der Waals surface area (Å²) < 4.78 is 36.6. The number of ether oxygens (including phenoxy) is 6. The van der Waals surface area contributed by atoms with Crippen molar-refractivity contribution in [3.63, 3.8) is 0 Å². The number of aliphatic hydroxyl groups excluding tert-OH is 9. The summed E-state index contributed by atoms with van der Waals surface area (Å²) in [7, 11) is 0. The Morgan fingerprint density at radius 2 is 1.39 bits per heavy atom. The molecule has 0 aromatic heterocycles. The van der Waals surface area contributed by atoms with E-state index in [0.29, 0.717) is 43.1 Å². The molecule has 0 amide bonds. The summed E-state index contributed by atoms with van der Waals surface area (Å²) in [6, 6.07) is 0. The van der Waals surface area contributed by atoms with Crippen LogP contribution in [0.25, 0.3) is 0 Å². The molecule has 8 rings (SSSR count). The van der Waals surface area contributed by atoms with Crippen LogP contribution in [0, 0.1) is 52.3 Å². The Morgan fingerprint density at radius 1 is 0.685 bits per heavy atom. The highest BCUT2D eigenvalue weighted by molar-refractivity contribution is 5.16. The van der Waals surface area contributed by atoms with E-state index in [1.54, 1.807) is 0 Å². The lowest BCUT2D eigenvalue weighted by Crippen LogP contribution is -2.65. The van der Waals surface area contributed by atoms with Crippen LogP contribution in [-0.2, 0) is 28.4 Å². The largest absolute Gasteiger partial charge is 0.396 e. The summed E-state index contributed by atoms with van der Waals surface area (Å²) in [5.41, 5.74) is 0.0429. The van der Waals surface area contributed by atoms with Crippen molar-refractivity contribution in [2.45, 2.75) is 164 Å². The molecule has 4 heterocycles. The van der Waals surface area contributed by atoms with Gasteiger partial charge in [0.1, 0.15) is 48.8 Å². The molecule has 1 spiro atoms. The third-order valence-electron chi connectivity index (χ3n) is 16.3. The SMILES string of the molecule is CC1C2C(CC3C4CCC5CC(OC6OC(CO)C(OC7OC(CO)C(O)C(O)C7O)C(O)C6O)C(O)CC5(C)C4CCC32C)OC12CCC(CO)CO2. The van der Waals surface area contributed by atoms with E-state index in [1.165, 1.54) is 0 Å². The van der Waals surface area contributed by atoms with Gasteiger partial charge in [-0.05, 0) is 91.8 Å². The fraction of sp³-hybridized carbons (Fsp3) is 1.00. The number of hydrogen-bond acceptors (Lipinski definition) is 15. The molecule has 0 aromatic carbocycles. The highest BCUT2D eigenvalue weighted by Crippen LogP contribution is 2.71. The highest BCUT2D eigenvalue weighted by atomic mass is 16.7. The van der Waals surface area contributed by atoms with E-state index in [1.807, 2.05) is 0 Å². The molecule has 0 aromatic rings. The van der Waals surface area contributed by atoms with Crippen LogP contribution in [0.3, 0.4) is 0 Å². The molecule has 23 unspecified atom stereocenters. The molecule has 0 radical (unpaired) electrons. The molecular formula is C39H64O15. The first-order valence-electron chi connectivity index (χ1n) is 20.5.